The molecule has 1 fully saturated rings. The number of hydrogen-bond acceptors (Lipinski definition) is 4. The van der Waals surface area contributed by atoms with Crippen molar-refractivity contribution in [2.75, 3.05) is 11.9 Å². The van der Waals surface area contributed by atoms with E-state index < -0.39 is 17.2 Å². The van der Waals surface area contributed by atoms with Gasteiger partial charge in [0.1, 0.15) is 17.4 Å². The molecule has 2 aliphatic rings. The average Bonchev–Trinajstić information content (AvgIpc) is 3.18. The molecule has 0 radical (unpaired) electrons. The molecule has 0 aromatic heterocycles. The molecule has 1 aliphatic carbocycles. The zero-order chi connectivity index (χ0) is 20.4. The highest BCUT2D eigenvalue weighted by Gasteiger charge is 2.51. The first-order chi connectivity index (χ1) is 13.2. The van der Waals surface area contributed by atoms with Gasteiger partial charge in [-0.3, -0.25) is 0 Å². The Balaban J connectivity index is 1.66. The van der Waals surface area contributed by atoms with E-state index in [1.165, 1.54) is 0 Å². The maximum atomic E-state index is 12.3. The third-order valence-corrected chi connectivity index (χ3v) is 4.87. The third-order valence-electron chi connectivity index (χ3n) is 4.65. The summed E-state index contributed by atoms with van der Waals surface area (Å²) in [5, 5.41) is 9.96. The minimum absolute atomic E-state index is 0.307. The molecule has 1 atom stereocenters. The lowest BCUT2D eigenvalue weighted by Gasteiger charge is -2.28. The van der Waals surface area contributed by atoms with E-state index in [1.807, 2.05) is 39.0 Å². The number of rotatable bonds is 4. The largest absolute Gasteiger partial charge is 0.493 e. The van der Waals surface area contributed by atoms with Crippen LogP contribution < -0.4 is 20.7 Å². The van der Waals surface area contributed by atoms with Gasteiger partial charge >= 0.3 is 6.09 Å². The minimum atomic E-state index is -0.549. The van der Waals surface area contributed by atoms with Gasteiger partial charge in [-0.15, -0.1) is 5.92 Å². The van der Waals surface area contributed by atoms with Crippen LogP contribution in [0.2, 0.25) is 0 Å². The van der Waals surface area contributed by atoms with Gasteiger partial charge in [0.25, 0.3) is 0 Å². The van der Waals surface area contributed by atoms with Gasteiger partial charge in [-0.2, -0.15) is 0 Å². The van der Waals surface area contributed by atoms with Gasteiger partial charge in [0.05, 0.1) is 12.1 Å². The number of alkyl carbamates (subject to hydrolysis) is 1. The van der Waals surface area contributed by atoms with Crippen LogP contribution in [0.3, 0.4) is 0 Å². The Morgan fingerprint density at radius 3 is 2.75 bits per heavy atom. The van der Waals surface area contributed by atoms with Crippen LogP contribution in [0.5, 0.6) is 5.75 Å². The zero-order valence-corrected chi connectivity index (χ0v) is 17.6. The fraction of sp³-hybridized carbons (Fsp3) is 0.524. The summed E-state index contributed by atoms with van der Waals surface area (Å²) < 4.78 is 11.0. The lowest BCUT2D eigenvalue weighted by atomic mass is 10.1. The van der Waals surface area contributed by atoms with E-state index in [0.29, 0.717) is 11.7 Å². The predicted molar refractivity (Wildman–Crippen MR) is 114 cm³/mol. The number of hydrogen-bond donors (Lipinski definition) is 3. The molecule has 28 heavy (non-hydrogen) atoms. The average molecular weight is 402 g/mol. The summed E-state index contributed by atoms with van der Waals surface area (Å²) in [5.41, 5.74) is 1.03. The monoisotopic (exact) mass is 401 g/mol. The number of amides is 1. The van der Waals surface area contributed by atoms with Gasteiger partial charge in [-0.25, -0.2) is 4.79 Å². The highest BCUT2D eigenvalue weighted by atomic mass is 32.1. The molecule has 1 heterocycles. The number of ether oxygens (including phenoxy) is 2. The van der Waals surface area contributed by atoms with Crippen LogP contribution >= 0.6 is 12.2 Å². The second kappa shape index (κ2) is 7.88. The van der Waals surface area contributed by atoms with Crippen LogP contribution in [-0.2, 0) is 11.2 Å². The summed E-state index contributed by atoms with van der Waals surface area (Å²) in [6.45, 7) is 7.98. The van der Waals surface area contributed by atoms with Crippen molar-refractivity contribution in [3.63, 3.8) is 0 Å². The lowest BCUT2D eigenvalue weighted by Crippen LogP contribution is -2.54. The Morgan fingerprint density at radius 2 is 2.11 bits per heavy atom. The van der Waals surface area contributed by atoms with Gasteiger partial charge in [-0.05, 0) is 64.9 Å². The van der Waals surface area contributed by atoms with E-state index in [1.54, 1.807) is 6.92 Å². The summed E-state index contributed by atoms with van der Waals surface area (Å²) in [6.07, 6.45) is 2.04. The number of fused-ring (bicyclic) bond motifs is 1. The normalized spacial score (nSPS) is 17.1. The molecular weight excluding hydrogens is 374 g/mol. The molecule has 1 amide bonds. The molecule has 3 N–H and O–H groups in total. The Morgan fingerprint density at radius 1 is 1.36 bits per heavy atom. The molecule has 1 unspecified atom stereocenters. The molecule has 3 rings (SSSR count). The van der Waals surface area contributed by atoms with Crippen molar-refractivity contribution < 1.29 is 14.3 Å². The number of nitrogens with one attached hydrogen (secondary N) is 3. The Kier molecular flexibility index (Phi) is 5.71. The van der Waals surface area contributed by atoms with Crippen LogP contribution in [-0.4, -0.2) is 35.0 Å². The van der Waals surface area contributed by atoms with Gasteiger partial charge in [0.2, 0.25) is 0 Å². The van der Waals surface area contributed by atoms with E-state index in [2.05, 4.69) is 27.8 Å². The van der Waals surface area contributed by atoms with E-state index in [-0.39, 0.29) is 6.04 Å². The van der Waals surface area contributed by atoms with E-state index in [9.17, 15) is 4.79 Å². The first kappa shape index (κ1) is 20.3. The van der Waals surface area contributed by atoms with Crippen molar-refractivity contribution in [2.45, 2.75) is 64.1 Å². The van der Waals surface area contributed by atoms with Crippen molar-refractivity contribution in [3.8, 4) is 17.6 Å². The number of benzene rings is 1. The van der Waals surface area contributed by atoms with Crippen LogP contribution in [0.1, 0.15) is 46.1 Å². The summed E-state index contributed by atoms with van der Waals surface area (Å²) in [7, 11) is 0. The lowest BCUT2D eigenvalue weighted by molar-refractivity contribution is 0.0491. The third kappa shape index (κ3) is 4.87. The molecular formula is C21H27N3O3S. The molecule has 0 spiro atoms. The van der Waals surface area contributed by atoms with Crippen molar-refractivity contribution in [1.29, 1.82) is 0 Å². The second-order valence-electron chi connectivity index (χ2n) is 8.09. The Labute approximate surface area is 171 Å². The molecule has 1 aromatic carbocycles. The second-order valence-corrected chi connectivity index (χ2v) is 8.50. The van der Waals surface area contributed by atoms with Gasteiger partial charge < -0.3 is 25.4 Å². The summed E-state index contributed by atoms with van der Waals surface area (Å²) in [5.74, 6) is 6.96. The van der Waals surface area contributed by atoms with Gasteiger partial charge in [-0.1, -0.05) is 12.0 Å². The minimum Gasteiger partial charge on any atom is -0.493 e. The van der Waals surface area contributed by atoms with Gasteiger partial charge in [0.15, 0.2) is 5.11 Å². The Hall–Kier alpha value is -2.46. The summed E-state index contributed by atoms with van der Waals surface area (Å²) in [6, 6.07) is 5.57. The predicted octanol–water partition coefficient (Wildman–Crippen LogP) is 3.36. The zero-order valence-electron chi connectivity index (χ0n) is 16.8. The first-order valence-electron chi connectivity index (χ1n) is 9.48. The van der Waals surface area contributed by atoms with Crippen molar-refractivity contribution in [1.82, 2.24) is 10.6 Å². The number of carbonyl (C=O) groups excluding carboxylic acids is 1. The SMILES string of the molecule is CC#CC(NC(=S)Nc1cccc2c1CCO2)C1(NC(=O)OC(C)(C)C)CC1. The highest BCUT2D eigenvalue weighted by Crippen LogP contribution is 2.39. The van der Waals surface area contributed by atoms with Crippen LogP contribution in [0.15, 0.2) is 18.2 Å². The molecule has 1 aliphatic heterocycles. The van der Waals surface area contributed by atoms with Crippen LogP contribution in [0.4, 0.5) is 10.5 Å². The van der Waals surface area contributed by atoms with Crippen molar-refractivity contribution in [3.05, 3.63) is 23.8 Å². The van der Waals surface area contributed by atoms with Crippen LogP contribution in [0.25, 0.3) is 0 Å². The maximum absolute atomic E-state index is 12.3. The van der Waals surface area contributed by atoms with Crippen molar-refractivity contribution in [2.24, 2.45) is 0 Å². The fourth-order valence-corrected chi connectivity index (χ4v) is 3.44. The van der Waals surface area contributed by atoms with E-state index >= 15 is 0 Å². The molecule has 7 heteroatoms. The Bertz CT molecular complexity index is 832. The van der Waals surface area contributed by atoms with Crippen LogP contribution in [0, 0.1) is 11.8 Å². The summed E-state index contributed by atoms with van der Waals surface area (Å²) in [4.78, 5) is 12.3. The van der Waals surface area contributed by atoms with E-state index in [4.69, 9.17) is 21.7 Å². The molecule has 1 aromatic rings. The molecule has 0 bridgehead atoms. The standard InChI is InChI=1S/C21H27N3O3S/c1-5-7-17(21(11-12-21)24-19(25)27-20(2,3)4)23-18(28)22-15-8-6-9-16-14(15)10-13-26-16/h6,8-9,17H,10-13H2,1-4H3,(H,24,25)(H2,22,23,28). The molecule has 6 nitrogen and oxygen atoms in total. The smallest absolute Gasteiger partial charge is 0.408 e. The van der Waals surface area contributed by atoms with Gasteiger partial charge in [0, 0.05) is 17.7 Å². The quantitative estimate of drug-likeness (QED) is 0.531. The molecule has 150 valence electrons. The summed E-state index contributed by atoms with van der Waals surface area (Å²) >= 11 is 5.52. The topological polar surface area (TPSA) is 71.6 Å². The number of anilines is 1. The number of carbonyl (C=O) groups is 1. The van der Waals surface area contributed by atoms with Crippen molar-refractivity contribution >= 4 is 29.1 Å². The number of thiocarbonyl (C=S) groups is 1. The fourth-order valence-electron chi connectivity index (χ4n) is 3.21. The first-order valence-corrected chi connectivity index (χ1v) is 9.89. The highest BCUT2D eigenvalue weighted by molar-refractivity contribution is 7.80. The maximum Gasteiger partial charge on any atom is 0.408 e. The molecule has 0 saturated heterocycles. The van der Waals surface area contributed by atoms with E-state index in [0.717, 1.165) is 36.3 Å². The molecule has 1 saturated carbocycles.